The molecule has 176 valence electrons. The first kappa shape index (κ1) is 23.8. The molecule has 3 aromatic rings. The molecule has 0 fully saturated rings. The number of anilines is 3. The maximum absolute atomic E-state index is 13.3. The van der Waals surface area contributed by atoms with Crippen LogP contribution in [-0.4, -0.2) is 39.2 Å². The third-order valence-corrected chi connectivity index (χ3v) is 7.05. The standard InChI is InChI=1S/C25H24ClN3O4S/c1-16-15-28(25(31)27-21-6-4-5-20(26)14-21)24-13-19(9-12-23(24)29(16)17(2)30)18-7-10-22(11-8-18)34(3,32)33/h4-14,16H,15H2,1-3H3,(H,27,31)/t16-/m0/s1. The van der Waals surface area contributed by atoms with Crippen LogP contribution in [0.2, 0.25) is 5.02 Å². The van der Waals surface area contributed by atoms with E-state index in [0.29, 0.717) is 28.6 Å². The molecule has 0 bridgehead atoms. The van der Waals surface area contributed by atoms with Crippen LogP contribution in [0.3, 0.4) is 0 Å². The maximum atomic E-state index is 13.3. The van der Waals surface area contributed by atoms with Gasteiger partial charge in [0.25, 0.3) is 0 Å². The monoisotopic (exact) mass is 497 g/mol. The van der Waals surface area contributed by atoms with Crippen LogP contribution in [0.15, 0.2) is 71.6 Å². The number of sulfone groups is 1. The summed E-state index contributed by atoms with van der Waals surface area (Å²) in [6.07, 6.45) is 1.16. The minimum Gasteiger partial charge on any atom is -0.307 e. The number of hydrogen-bond donors (Lipinski definition) is 1. The Morgan fingerprint density at radius 1 is 0.971 bits per heavy atom. The van der Waals surface area contributed by atoms with Crippen molar-refractivity contribution < 1.29 is 18.0 Å². The summed E-state index contributed by atoms with van der Waals surface area (Å²) < 4.78 is 23.6. The Kier molecular flexibility index (Phi) is 6.38. The Balaban J connectivity index is 1.75. The van der Waals surface area contributed by atoms with Crippen LogP contribution >= 0.6 is 11.6 Å². The predicted octanol–water partition coefficient (Wildman–Crippen LogP) is 5.20. The first-order chi connectivity index (χ1) is 16.0. The number of halogens is 1. The number of benzene rings is 3. The number of nitrogens with one attached hydrogen (secondary N) is 1. The second-order valence-corrected chi connectivity index (χ2v) is 10.7. The van der Waals surface area contributed by atoms with Crippen LogP contribution < -0.4 is 15.1 Å². The van der Waals surface area contributed by atoms with Crippen molar-refractivity contribution >= 4 is 50.4 Å². The molecule has 0 saturated carbocycles. The van der Waals surface area contributed by atoms with Crippen molar-refractivity contribution in [2.24, 2.45) is 0 Å². The zero-order valence-corrected chi connectivity index (χ0v) is 20.5. The molecule has 7 nitrogen and oxygen atoms in total. The number of rotatable bonds is 3. The second kappa shape index (κ2) is 9.12. The summed E-state index contributed by atoms with van der Waals surface area (Å²) in [6.45, 7) is 3.69. The van der Waals surface area contributed by atoms with Crippen molar-refractivity contribution in [2.75, 3.05) is 27.9 Å². The lowest BCUT2D eigenvalue weighted by Crippen LogP contribution is -2.52. The molecule has 3 aromatic carbocycles. The molecule has 0 radical (unpaired) electrons. The number of carbonyl (C=O) groups excluding carboxylic acids is 2. The fourth-order valence-corrected chi connectivity index (χ4v) is 4.95. The van der Waals surface area contributed by atoms with E-state index in [1.54, 1.807) is 58.3 Å². The molecule has 0 aliphatic carbocycles. The number of urea groups is 1. The van der Waals surface area contributed by atoms with E-state index in [0.717, 1.165) is 17.4 Å². The third kappa shape index (κ3) is 4.78. The van der Waals surface area contributed by atoms with E-state index in [1.807, 2.05) is 25.1 Å². The highest BCUT2D eigenvalue weighted by molar-refractivity contribution is 7.90. The van der Waals surface area contributed by atoms with E-state index in [1.165, 1.54) is 6.92 Å². The Morgan fingerprint density at radius 3 is 2.26 bits per heavy atom. The van der Waals surface area contributed by atoms with E-state index in [2.05, 4.69) is 5.32 Å². The van der Waals surface area contributed by atoms with Crippen LogP contribution in [0.5, 0.6) is 0 Å². The summed E-state index contributed by atoms with van der Waals surface area (Å²) in [4.78, 5) is 29.2. The molecule has 1 heterocycles. The number of carbonyl (C=O) groups is 2. The van der Waals surface area contributed by atoms with Crippen molar-refractivity contribution in [3.63, 3.8) is 0 Å². The summed E-state index contributed by atoms with van der Waals surface area (Å²) >= 11 is 6.05. The summed E-state index contributed by atoms with van der Waals surface area (Å²) in [5, 5.41) is 3.38. The first-order valence-electron chi connectivity index (χ1n) is 10.6. The zero-order chi connectivity index (χ0) is 24.6. The molecule has 9 heteroatoms. The highest BCUT2D eigenvalue weighted by Gasteiger charge is 2.34. The van der Waals surface area contributed by atoms with Gasteiger partial charge in [-0.25, -0.2) is 13.2 Å². The van der Waals surface area contributed by atoms with Crippen molar-refractivity contribution in [3.05, 3.63) is 71.8 Å². The quantitative estimate of drug-likeness (QED) is 0.538. The van der Waals surface area contributed by atoms with Crippen molar-refractivity contribution in [3.8, 4) is 11.1 Å². The average Bonchev–Trinajstić information content (AvgIpc) is 2.77. The summed E-state index contributed by atoms with van der Waals surface area (Å²) in [5.41, 5.74) is 3.35. The zero-order valence-electron chi connectivity index (χ0n) is 18.9. The second-order valence-electron chi connectivity index (χ2n) is 8.29. The van der Waals surface area contributed by atoms with Gasteiger partial charge >= 0.3 is 6.03 Å². The highest BCUT2D eigenvalue weighted by Crippen LogP contribution is 2.39. The van der Waals surface area contributed by atoms with Gasteiger partial charge < -0.3 is 10.2 Å². The van der Waals surface area contributed by atoms with E-state index >= 15 is 0 Å². The van der Waals surface area contributed by atoms with E-state index < -0.39 is 9.84 Å². The molecule has 34 heavy (non-hydrogen) atoms. The molecule has 4 rings (SSSR count). The van der Waals surface area contributed by atoms with Crippen molar-refractivity contribution in [1.82, 2.24) is 0 Å². The lowest BCUT2D eigenvalue weighted by Gasteiger charge is -2.40. The van der Waals surface area contributed by atoms with Crippen molar-refractivity contribution in [2.45, 2.75) is 24.8 Å². The van der Waals surface area contributed by atoms with E-state index in [9.17, 15) is 18.0 Å². The maximum Gasteiger partial charge on any atom is 0.326 e. The summed E-state index contributed by atoms with van der Waals surface area (Å²) in [6, 6.07) is 18.4. The van der Waals surface area contributed by atoms with Crippen molar-refractivity contribution in [1.29, 1.82) is 0 Å². The SMILES string of the molecule is CC(=O)N1c2ccc(-c3ccc(S(C)(=O)=O)cc3)cc2N(C(=O)Nc2cccc(Cl)c2)C[C@@H]1C. The van der Waals surface area contributed by atoms with Gasteiger partial charge in [-0.15, -0.1) is 0 Å². The molecule has 1 atom stereocenters. The van der Waals surface area contributed by atoms with Crippen LogP contribution in [0, 0.1) is 0 Å². The molecule has 1 N–H and O–H groups in total. The molecule has 1 aliphatic heterocycles. The topological polar surface area (TPSA) is 86.8 Å². The van der Waals surface area contributed by atoms with Gasteiger partial charge in [0, 0.05) is 30.4 Å². The molecule has 3 amide bonds. The summed E-state index contributed by atoms with van der Waals surface area (Å²) in [5.74, 6) is -0.117. The molecule has 0 saturated heterocycles. The van der Waals surface area contributed by atoms with Crippen LogP contribution in [0.4, 0.5) is 21.9 Å². The molecule has 0 aromatic heterocycles. The largest absolute Gasteiger partial charge is 0.326 e. The molecule has 0 spiro atoms. The first-order valence-corrected chi connectivity index (χ1v) is 12.9. The molecular formula is C25H24ClN3O4S. The lowest BCUT2D eigenvalue weighted by atomic mass is 10.0. The van der Waals surface area contributed by atoms with Gasteiger partial charge in [-0.3, -0.25) is 9.69 Å². The van der Waals surface area contributed by atoms with Gasteiger partial charge in [0.2, 0.25) is 5.91 Å². The van der Waals surface area contributed by atoms with Gasteiger partial charge in [-0.05, 0) is 60.5 Å². The smallest absolute Gasteiger partial charge is 0.307 e. The Bertz CT molecular complexity index is 1370. The van der Waals surface area contributed by atoms with Crippen LogP contribution in [0.25, 0.3) is 11.1 Å². The van der Waals surface area contributed by atoms with Gasteiger partial charge in [-0.2, -0.15) is 0 Å². The van der Waals surface area contributed by atoms with Gasteiger partial charge in [0.1, 0.15) is 0 Å². The minimum absolute atomic E-state index is 0.117. The Morgan fingerprint density at radius 2 is 1.65 bits per heavy atom. The lowest BCUT2D eigenvalue weighted by molar-refractivity contribution is -0.117. The van der Waals surface area contributed by atoms with Crippen LogP contribution in [-0.2, 0) is 14.6 Å². The fourth-order valence-electron chi connectivity index (χ4n) is 4.13. The average molecular weight is 498 g/mol. The third-order valence-electron chi connectivity index (χ3n) is 5.69. The number of hydrogen-bond acceptors (Lipinski definition) is 4. The summed E-state index contributed by atoms with van der Waals surface area (Å²) in [7, 11) is -3.31. The van der Waals surface area contributed by atoms with Gasteiger partial charge in [0.15, 0.2) is 9.84 Å². The van der Waals surface area contributed by atoms with E-state index in [4.69, 9.17) is 11.6 Å². The molecule has 0 unspecified atom stereocenters. The van der Waals surface area contributed by atoms with E-state index in [-0.39, 0.29) is 22.9 Å². The predicted molar refractivity (Wildman–Crippen MR) is 135 cm³/mol. The van der Waals surface area contributed by atoms with Crippen LogP contribution in [0.1, 0.15) is 13.8 Å². The number of nitrogens with zero attached hydrogens (tertiary/aromatic N) is 2. The minimum atomic E-state index is -3.31. The normalized spacial score (nSPS) is 15.6. The highest BCUT2D eigenvalue weighted by atomic mass is 35.5. The Labute approximate surface area is 203 Å². The van der Waals surface area contributed by atoms with Gasteiger partial charge in [-0.1, -0.05) is 35.9 Å². The molecular weight excluding hydrogens is 474 g/mol. The Hall–Kier alpha value is -3.36. The molecule has 1 aliphatic rings. The number of fused-ring (bicyclic) bond motifs is 1. The fraction of sp³-hybridized carbons (Fsp3) is 0.200. The van der Waals surface area contributed by atoms with Gasteiger partial charge in [0.05, 0.1) is 22.3 Å². The number of amides is 3.